The molecule has 0 aromatic rings. The van der Waals surface area contributed by atoms with E-state index in [0.717, 1.165) is 23.7 Å². The van der Waals surface area contributed by atoms with Gasteiger partial charge in [0.1, 0.15) is 6.04 Å². The van der Waals surface area contributed by atoms with Gasteiger partial charge < -0.3 is 5.11 Å². The second kappa shape index (κ2) is 2.67. The second-order valence-corrected chi connectivity index (χ2v) is 10.2. The zero-order valence-electron chi connectivity index (χ0n) is 11.3. The normalized spacial score (nSPS) is 60.5. The van der Waals surface area contributed by atoms with E-state index >= 15 is 0 Å². The van der Waals surface area contributed by atoms with Crippen LogP contribution in [-0.4, -0.2) is 26.1 Å². The minimum atomic E-state index is -1.30. The van der Waals surface area contributed by atoms with E-state index in [1.807, 2.05) is 20.8 Å². The maximum atomic E-state index is 12.3. The number of carboxylic acids is 1. The summed E-state index contributed by atoms with van der Waals surface area (Å²) in [5.74, 6) is 4.71. The molecule has 19 heavy (non-hydrogen) atoms. The largest absolute Gasteiger partial charge is 0.480 e. The van der Waals surface area contributed by atoms with Crippen molar-refractivity contribution < 1.29 is 14.1 Å². The Labute approximate surface area is 114 Å². The lowest BCUT2D eigenvalue weighted by Gasteiger charge is -3.08. The molecule has 0 aliphatic heterocycles. The predicted molar refractivity (Wildman–Crippen MR) is 69.3 cm³/mol. The van der Waals surface area contributed by atoms with Crippen LogP contribution in [0, 0.1) is 46.8 Å². The van der Waals surface area contributed by atoms with Crippen molar-refractivity contribution in [3.8, 4) is 0 Å². The van der Waals surface area contributed by atoms with Crippen LogP contribution in [-0.2, 0) is 15.8 Å². The first-order chi connectivity index (χ1) is 8.83. The lowest BCUT2D eigenvalue weighted by molar-refractivity contribution is -0.616. The molecule has 6 rings (SSSR count). The van der Waals surface area contributed by atoms with E-state index in [2.05, 4.69) is 4.72 Å². The molecule has 0 spiro atoms. The van der Waals surface area contributed by atoms with Crippen molar-refractivity contribution in [2.75, 3.05) is 0 Å². The fourth-order valence-electron chi connectivity index (χ4n) is 6.75. The van der Waals surface area contributed by atoms with E-state index < -0.39 is 27.7 Å². The molecular formula is C14H19NO3S. The third-order valence-corrected chi connectivity index (χ3v) is 8.64. The summed E-state index contributed by atoms with van der Waals surface area (Å²) in [6, 6.07) is -0.586. The number of carbonyl (C=O) groups is 1. The summed E-state index contributed by atoms with van der Waals surface area (Å²) < 4.78 is 14.8. The first-order valence-electron chi connectivity index (χ1n) is 7.23. The van der Waals surface area contributed by atoms with E-state index in [4.69, 9.17) is 0 Å². The highest BCUT2D eigenvalue weighted by molar-refractivity contribution is 7.84. The van der Waals surface area contributed by atoms with Crippen LogP contribution < -0.4 is 4.72 Å². The Balaban J connectivity index is 1.43. The second-order valence-electron chi connectivity index (χ2n) is 8.16. The Hall–Kier alpha value is -0.420. The van der Waals surface area contributed by atoms with E-state index in [1.165, 1.54) is 0 Å². The number of hydrogen-bond donors (Lipinski definition) is 2. The third-order valence-electron chi connectivity index (χ3n) is 7.08. The van der Waals surface area contributed by atoms with Crippen molar-refractivity contribution in [3.05, 3.63) is 0 Å². The molecule has 2 N–H and O–H groups in total. The average molecular weight is 281 g/mol. The van der Waals surface area contributed by atoms with Crippen LogP contribution in [0.15, 0.2) is 0 Å². The zero-order valence-corrected chi connectivity index (χ0v) is 12.1. The minimum Gasteiger partial charge on any atom is -0.480 e. The zero-order chi connectivity index (χ0) is 13.5. The molecule has 2 atom stereocenters. The van der Waals surface area contributed by atoms with Gasteiger partial charge in [-0.05, 0) is 62.2 Å². The SMILES string of the molecule is CC(C)(C)S(=O)NC(C(=O)O)C12C3C4C5C3C1C5C42. The Morgan fingerprint density at radius 1 is 1.16 bits per heavy atom. The van der Waals surface area contributed by atoms with Crippen molar-refractivity contribution in [1.29, 1.82) is 0 Å². The summed E-state index contributed by atoms with van der Waals surface area (Å²) in [6.45, 7) is 5.65. The average Bonchev–Trinajstić information content (AvgIpc) is 2.34. The molecule has 0 bridgehead atoms. The van der Waals surface area contributed by atoms with Crippen molar-refractivity contribution in [2.24, 2.45) is 46.8 Å². The molecule has 5 heteroatoms. The Bertz CT molecular complexity index is 501. The maximum Gasteiger partial charge on any atom is 0.322 e. The quantitative estimate of drug-likeness (QED) is 0.803. The van der Waals surface area contributed by atoms with Crippen molar-refractivity contribution >= 4 is 17.0 Å². The van der Waals surface area contributed by atoms with Gasteiger partial charge in [0, 0.05) is 5.41 Å². The molecule has 0 aromatic carbocycles. The summed E-state index contributed by atoms with van der Waals surface area (Å²) in [6.07, 6.45) is 0. The van der Waals surface area contributed by atoms with E-state index in [1.54, 1.807) is 0 Å². The summed E-state index contributed by atoms with van der Waals surface area (Å²) in [5.41, 5.74) is 0.00148. The molecule has 6 aliphatic carbocycles. The van der Waals surface area contributed by atoms with Crippen LogP contribution in [0.5, 0.6) is 0 Å². The van der Waals surface area contributed by atoms with E-state index in [9.17, 15) is 14.1 Å². The maximum absolute atomic E-state index is 12.3. The first kappa shape index (κ1) is 11.3. The molecule has 0 radical (unpaired) electrons. The number of aliphatic carboxylic acids is 1. The summed E-state index contributed by atoms with van der Waals surface area (Å²) in [7, 11) is -1.30. The highest BCUT2D eigenvalue weighted by Crippen LogP contribution is 3.06. The fourth-order valence-corrected chi connectivity index (χ4v) is 7.62. The number of carboxylic acid groups (broad SMARTS) is 1. The predicted octanol–water partition coefficient (Wildman–Crippen LogP) is 0.859. The molecule has 0 heterocycles. The van der Waals surface area contributed by atoms with Crippen LogP contribution in [0.3, 0.4) is 0 Å². The summed E-state index contributed by atoms with van der Waals surface area (Å²) >= 11 is 0. The first-order valence-corrected chi connectivity index (χ1v) is 8.38. The van der Waals surface area contributed by atoms with Gasteiger partial charge in [0.05, 0.1) is 15.7 Å². The van der Waals surface area contributed by atoms with Crippen LogP contribution >= 0.6 is 0 Å². The summed E-state index contributed by atoms with van der Waals surface area (Å²) in [4.78, 5) is 11.7. The van der Waals surface area contributed by atoms with Crippen molar-refractivity contribution in [2.45, 2.75) is 31.6 Å². The molecule has 4 nitrogen and oxygen atoms in total. The molecule has 6 aliphatic rings. The van der Waals surface area contributed by atoms with Gasteiger partial charge in [-0.25, -0.2) is 8.93 Å². The van der Waals surface area contributed by atoms with Crippen molar-refractivity contribution in [1.82, 2.24) is 4.72 Å². The van der Waals surface area contributed by atoms with Gasteiger partial charge in [0.15, 0.2) is 0 Å². The topological polar surface area (TPSA) is 66.4 Å². The highest BCUT2D eigenvalue weighted by atomic mass is 32.2. The smallest absolute Gasteiger partial charge is 0.322 e. The van der Waals surface area contributed by atoms with Gasteiger partial charge in [-0.1, -0.05) is 0 Å². The molecule has 2 unspecified atom stereocenters. The molecule has 104 valence electrons. The Kier molecular flexibility index (Phi) is 1.58. The molecule has 6 saturated carbocycles. The van der Waals surface area contributed by atoms with Crippen LogP contribution in [0.1, 0.15) is 20.8 Å². The van der Waals surface area contributed by atoms with E-state index in [0.29, 0.717) is 17.8 Å². The summed E-state index contributed by atoms with van der Waals surface area (Å²) in [5, 5.41) is 9.59. The Morgan fingerprint density at radius 3 is 2.00 bits per heavy atom. The van der Waals surface area contributed by atoms with Gasteiger partial charge in [-0.2, -0.15) is 0 Å². The van der Waals surface area contributed by atoms with Gasteiger partial charge in [-0.15, -0.1) is 0 Å². The fraction of sp³-hybridized carbons (Fsp3) is 0.929. The lowest BCUT2D eigenvalue weighted by atomic mass is 8.96. The van der Waals surface area contributed by atoms with Crippen LogP contribution in [0.4, 0.5) is 0 Å². The van der Waals surface area contributed by atoms with Gasteiger partial charge in [0.2, 0.25) is 0 Å². The van der Waals surface area contributed by atoms with Crippen molar-refractivity contribution in [3.63, 3.8) is 0 Å². The highest BCUT2D eigenvalue weighted by Gasteiger charge is 3.05. The van der Waals surface area contributed by atoms with Gasteiger partial charge in [0.25, 0.3) is 0 Å². The molecule has 0 aromatic heterocycles. The monoisotopic (exact) mass is 281 g/mol. The molecule has 0 amide bonds. The number of nitrogens with one attached hydrogen (secondary N) is 1. The lowest BCUT2D eigenvalue weighted by Crippen LogP contribution is -3.07. The van der Waals surface area contributed by atoms with Gasteiger partial charge in [-0.3, -0.25) is 4.79 Å². The minimum absolute atomic E-state index is 0.00148. The Morgan fingerprint density at radius 2 is 1.63 bits per heavy atom. The van der Waals surface area contributed by atoms with E-state index in [-0.39, 0.29) is 5.41 Å². The van der Waals surface area contributed by atoms with Crippen LogP contribution in [0.2, 0.25) is 0 Å². The number of hydrogen-bond acceptors (Lipinski definition) is 2. The standard InChI is InChI=1S/C14H19NO3S/c1-13(2,3)19(18)15-11(12(16)17)14-8-5-4-6(8)10(14)7(4)9(5)14/h4-11,15H,1-3H3,(H,16,17). The molecule has 0 saturated heterocycles. The molecule has 6 fully saturated rings. The van der Waals surface area contributed by atoms with Gasteiger partial charge >= 0.3 is 5.97 Å². The van der Waals surface area contributed by atoms with Crippen LogP contribution in [0.25, 0.3) is 0 Å². The molecular weight excluding hydrogens is 262 g/mol. The third kappa shape index (κ3) is 0.788. The number of rotatable bonds is 4.